The number of methoxy groups -OCH3 is 1. The van der Waals surface area contributed by atoms with Crippen molar-refractivity contribution in [3.63, 3.8) is 0 Å². The summed E-state index contributed by atoms with van der Waals surface area (Å²) in [4.78, 5) is 43.3. The highest BCUT2D eigenvalue weighted by Gasteiger charge is 2.41. The van der Waals surface area contributed by atoms with Crippen LogP contribution in [-0.2, 0) is 25.5 Å². The average molecular weight is 457 g/mol. The van der Waals surface area contributed by atoms with E-state index in [0.29, 0.717) is 50.4 Å². The Morgan fingerprint density at radius 2 is 2.15 bits per heavy atom. The molecule has 0 radical (unpaired) electrons. The van der Waals surface area contributed by atoms with E-state index in [9.17, 15) is 14.4 Å². The highest BCUT2D eigenvalue weighted by atomic mass is 16.5. The molecule has 3 amide bonds. The lowest BCUT2D eigenvalue weighted by Crippen LogP contribution is -2.47. The summed E-state index contributed by atoms with van der Waals surface area (Å²) in [6.45, 7) is 3.02. The van der Waals surface area contributed by atoms with E-state index in [1.165, 1.54) is 14.0 Å². The Kier molecular flexibility index (Phi) is 7.86. The molecule has 2 aliphatic rings. The van der Waals surface area contributed by atoms with Gasteiger partial charge in [0.1, 0.15) is 11.5 Å². The van der Waals surface area contributed by atoms with Crippen molar-refractivity contribution >= 4 is 23.4 Å². The van der Waals surface area contributed by atoms with Crippen LogP contribution in [0.5, 0.6) is 5.75 Å². The van der Waals surface area contributed by atoms with E-state index in [4.69, 9.17) is 15.2 Å². The number of nitrogens with zero attached hydrogens (tertiary/aromatic N) is 2. The highest BCUT2D eigenvalue weighted by molar-refractivity contribution is 6.39. The summed E-state index contributed by atoms with van der Waals surface area (Å²) >= 11 is 0. The van der Waals surface area contributed by atoms with Crippen LogP contribution in [0.4, 0.5) is 0 Å². The predicted octanol–water partition coefficient (Wildman–Crippen LogP) is 1.21. The molecule has 33 heavy (non-hydrogen) atoms. The van der Waals surface area contributed by atoms with Crippen molar-refractivity contribution in [2.45, 2.75) is 38.7 Å². The molecule has 0 bridgehead atoms. The lowest BCUT2D eigenvalue weighted by Gasteiger charge is -2.36. The smallest absolute Gasteiger partial charge is 0.265 e. The average Bonchev–Trinajstić information content (AvgIpc) is 2.82. The largest absolute Gasteiger partial charge is 0.497 e. The number of nitrogens with two attached hydrogens (primary N) is 1. The molecule has 3 rings (SSSR count). The van der Waals surface area contributed by atoms with Crippen LogP contribution in [0.2, 0.25) is 0 Å². The topological polar surface area (TPSA) is 123 Å². The first-order valence-corrected chi connectivity index (χ1v) is 11.1. The SMILES string of the molecule is CNC(=O)C1=NC(Cc2cccc(OC)c2)=CC(CCC2CN(C(C)=O)CCO2)(C(N)=O)C1. The van der Waals surface area contributed by atoms with E-state index in [1.807, 2.05) is 24.3 Å². The van der Waals surface area contributed by atoms with Crippen molar-refractivity contribution in [3.05, 3.63) is 41.6 Å². The van der Waals surface area contributed by atoms with Crippen LogP contribution < -0.4 is 15.8 Å². The molecule has 3 N–H and O–H groups in total. The number of morpholine rings is 1. The zero-order valence-electron chi connectivity index (χ0n) is 19.4. The Morgan fingerprint density at radius 1 is 1.36 bits per heavy atom. The van der Waals surface area contributed by atoms with Gasteiger partial charge in [0.25, 0.3) is 5.91 Å². The van der Waals surface area contributed by atoms with Crippen molar-refractivity contribution in [1.82, 2.24) is 10.2 Å². The third-order valence-corrected chi connectivity index (χ3v) is 6.20. The van der Waals surface area contributed by atoms with Gasteiger partial charge in [-0.1, -0.05) is 12.1 Å². The number of nitrogens with one attached hydrogen (secondary N) is 1. The zero-order valence-corrected chi connectivity index (χ0v) is 19.4. The maximum Gasteiger partial charge on any atom is 0.265 e. The lowest BCUT2D eigenvalue weighted by molar-refractivity contribution is -0.137. The molecule has 2 heterocycles. The molecule has 0 saturated carbocycles. The molecule has 1 aromatic carbocycles. The number of carbonyl (C=O) groups is 3. The second-order valence-electron chi connectivity index (χ2n) is 8.50. The van der Waals surface area contributed by atoms with Crippen molar-refractivity contribution in [2.75, 3.05) is 33.9 Å². The van der Waals surface area contributed by atoms with Gasteiger partial charge in [0, 0.05) is 45.6 Å². The third kappa shape index (κ3) is 5.98. The summed E-state index contributed by atoms with van der Waals surface area (Å²) in [6, 6.07) is 7.55. The van der Waals surface area contributed by atoms with Gasteiger partial charge in [-0.25, -0.2) is 0 Å². The molecule has 2 unspecified atom stereocenters. The van der Waals surface area contributed by atoms with Gasteiger partial charge in [0.15, 0.2) is 0 Å². The van der Waals surface area contributed by atoms with Gasteiger partial charge < -0.3 is 25.4 Å². The molecule has 0 aromatic heterocycles. The Hall–Kier alpha value is -3.20. The predicted molar refractivity (Wildman–Crippen MR) is 124 cm³/mol. The molecule has 2 aliphatic heterocycles. The van der Waals surface area contributed by atoms with E-state index < -0.39 is 11.3 Å². The molecular formula is C24H32N4O5. The fraction of sp³-hybridized carbons (Fsp3) is 0.500. The number of allylic oxidation sites excluding steroid dienone is 1. The number of hydrogen-bond acceptors (Lipinski definition) is 6. The van der Waals surface area contributed by atoms with Gasteiger partial charge in [-0.05, 0) is 36.6 Å². The van der Waals surface area contributed by atoms with Gasteiger partial charge >= 0.3 is 0 Å². The minimum atomic E-state index is -1.07. The molecule has 9 heteroatoms. The molecule has 9 nitrogen and oxygen atoms in total. The zero-order chi connectivity index (χ0) is 24.0. The number of hydrogen-bond donors (Lipinski definition) is 2. The van der Waals surface area contributed by atoms with Crippen LogP contribution in [0.15, 0.2) is 41.0 Å². The van der Waals surface area contributed by atoms with E-state index in [2.05, 4.69) is 10.3 Å². The van der Waals surface area contributed by atoms with Gasteiger partial charge in [0.2, 0.25) is 11.8 Å². The summed E-state index contributed by atoms with van der Waals surface area (Å²) in [7, 11) is 3.13. The van der Waals surface area contributed by atoms with Crippen LogP contribution in [0, 0.1) is 5.41 Å². The van der Waals surface area contributed by atoms with Crippen LogP contribution in [-0.4, -0.2) is 68.3 Å². The molecule has 2 atom stereocenters. The second-order valence-corrected chi connectivity index (χ2v) is 8.50. The minimum absolute atomic E-state index is 0.0000821. The van der Waals surface area contributed by atoms with Crippen molar-refractivity contribution < 1.29 is 23.9 Å². The Labute approximate surface area is 194 Å². The van der Waals surface area contributed by atoms with E-state index in [1.54, 1.807) is 18.1 Å². The highest BCUT2D eigenvalue weighted by Crippen LogP contribution is 2.37. The van der Waals surface area contributed by atoms with Crippen LogP contribution >= 0.6 is 0 Å². The maximum absolute atomic E-state index is 12.7. The van der Waals surface area contributed by atoms with Crippen molar-refractivity contribution in [3.8, 4) is 5.75 Å². The molecule has 0 aliphatic carbocycles. The first-order valence-electron chi connectivity index (χ1n) is 11.1. The number of amides is 3. The molecule has 0 spiro atoms. The fourth-order valence-corrected chi connectivity index (χ4v) is 4.31. The summed E-state index contributed by atoms with van der Waals surface area (Å²) in [5.74, 6) is -0.139. The summed E-state index contributed by atoms with van der Waals surface area (Å²) < 4.78 is 11.1. The number of benzene rings is 1. The maximum atomic E-state index is 12.7. The van der Waals surface area contributed by atoms with Gasteiger partial charge in [-0.2, -0.15) is 0 Å². The first kappa shape index (κ1) is 24.4. The third-order valence-electron chi connectivity index (χ3n) is 6.20. The number of rotatable bonds is 8. The normalized spacial score (nSPS) is 22.8. The standard InChI is InChI=1S/C24H32N4O5/c1-16(29)28-9-10-33-20(15-28)7-8-24(23(25)31)13-18(27-21(14-24)22(30)26-2)11-17-5-4-6-19(12-17)32-3/h4-6,12-13,20H,7-11,14-15H2,1-3H3,(H2,25,31)(H,26,30). The fourth-order valence-electron chi connectivity index (χ4n) is 4.31. The van der Waals surface area contributed by atoms with Crippen LogP contribution in [0.3, 0.4) is 0 Å². The molecule has 1 saturated heterocycles. The number of aliphatic imine (C=N–C) groups is 1. The Balaban J connectivity index is 1.86. The molecule has 1 fully saturated rings. The van der Waals surface area contributed by atoms with Gasteiger partial charge in [-0.3, -0.25) is 19.4 Å². The monoisotopic (exact) mass is 456 g/mol. The Bertz CT molecular complexity index is 973. The number of carbonyl (C=O) groups excluding carboxylic acids is 3. The van der Waals surface area contributed by atoms with E-state index >= 15 is 0 Å². The van der Waals surface area contributed by atoms with E-state index in [-0.39, 0.29) is 30.1 Å². The van der Waals surface area contributed by atoms with E-state index in [0.717, 1.165) is 5.56 Å². The summed E-state index contributed by atoms with van der Waals surface area (Å²) in [6.07, 6.45) is 3.05. The van der Waals surface area contributed by atoms with Crippen LogP contribution in [0.25, 0.3) is 0 Å². The van der Waals surface area contributed by atoms with Crippen molar-refractivity contribution in [1.29, 1.82) is 0 Å². The molecule has 1 aromatic rings. The summed E-state index contributed by atoms with van der Waals surface area (Å²) in [5, 5.41) is 2.60. The lowest BCUT2D eigenvalue weighted by atomic mass is 9.74. The number of ether oxygens (including phenoxy) is 2. The first-order chi connectivity index (χ1) is 15.8. The number of primary amides is 1. The van der Waals surface area contributed by atoms with Gasteiger partial charge in [0.05, 0.1) is 25.2 Å². The quantitative estimate of drug-likeness (QED) is 0.609. The minimum Gasteiger partial charge on any atom is -0.497 e. The Morgan fingerprint density at radius 3 is 2.82 bits per heavy atom. The van der Waals surface area contributed by atoms with Crippen molar-refractivity contribution in [2.24, 2.45) is 16.1 Å². The summed E-state index contributed by atoms with van der Waals surface area (Å²) in [5.41, 5.74) is 6.64. The second kappa shape index (κ2) is 10.6. The van der Waals surface area contributed by atoms with Gasteiger partial charge in [-0.15, -0.1) is 0 Å². The molecular weight excluding hydrogens is 424 g/mol. The van der Waals surface area contributed by atoms with Crippen LogP contribution in [0.1, 0.15) is 31.7 Å². The molecule has 178 valence electrons.